The van der Waals surface area contributed by atoms with Crippen LogP contribution in [-0.4, -0.2) is 18.1 Å². The lowest BCUT2D eigenvalue weighted by atomic mass is 10.0. The number of nitrogens with zero attached hydrogens (tertiary/aromatic N) is 1. The molecule has 2 N–H and O–H groups in total. The van der Waals surface area contributed by atoms with Crippen LogP contribution >= 0.6 is 12.4 Å². The average molecular weight is 151 g/mol. The summed E-state index contributed by atoms with van der Waals surface area (Å²) < 4.78 is 0. The highest BCUT2D eigenvalue weighted by atomic mass is 35.5. The zero-order valence-electron chi connectivity index (χ0n) is 5.84. The van der Waals surface area contributed by atoms with Crippen LogP contribution in [0.25, 0.3) is 0 Å². The summed E-state index contributed by atoms with van der Waals surface area (Å²) in [6.45, 7) is 4.45. The zero-order valence-corrected chi connectivity index (χ0v) is 6.66. The highest BCUT2D eigenvalue weighted by molar-refractivity contribution is 5.85. The van der Waals surface area contributed by atoms with Gasteiger partial charge in [0, 0.05) is 13.1 Å². The molecule has 2 nitrogen and oxygen atoms in total. The lowest BCUT2D eigenvalue weighted by Crippen LogP contribution is -2.38. The summed E-state index contributed by atoms with van der Waals surface area (Å²) in [6.07, 6.45) is 2.55. The molecule has 0 amide bonds. The van der Waals surface area contributed by atoms with Gasteiger partial charge in [-0.1, -0.05) is 6.92 Å². The van der Waals surface area contributed by atoms with E-state index in [1.165, 1.54) is 12.8 Å². The number of rotatable bonds is 0. The molecule has 3 heteroatoms. The zero-order chi connectivity index (χ0) is 5.98. The van der Waals surface area contributed by atoms with Crippen LogP contribution in [0.3, 0.4) is 0 Å². The minimum atomic E-state index is 0. The molecule has 1 rings (SSSR count). The van der Waals surface area contributed by atoms with Crippen molar-refractivity contribution in [3.05, 3.63) is 0 Å². The predicted molar refractivity (Wildman–Crippen MR) is 41.4 cm³/mol. The van der Waals surface area contributed by atoms with Crippen LogP contribution < -0.4 is 5.84 Å². The van der Waals surface area contributed by atoms with Gasteiger partial charge in [-0.3, -0.25) is 5.84 Å². The van der Waals surface area contributed by atoms with Crippen LogP contribution in [0.4, 0.5) is 0 Å². The molecule has 0 radical (unpaired) electrons. The molecule has 1 saturated heterocycles. The number of hydrazine groups is 1. The van der Waals surface area contributed by atoms with Crippen molar-refractivity contribution in [2.24, 2.45) is 11.8 Å². The Bertz CT molecular complexity index is 59.5. The van der Waals surface area contributed by atoms with E-state index >= 15 is 0 Å². The number of hydrogen-bond donors (Lipinski definition) is 1. The topological polar surface area (TPSA) is 29.3 Å². The first-order valence-corrected chi connectivity index (χ1v) is 3.28. The maximum atomic E-state index is 5.53. The van der Waals surface area contributed by atoms with E-state index in [0.29, 0.717) is 0 Å². The van der Waals surface area contributed by atoms with Gasteiger partial charge in [0.05, 0.1) is 0 Å². The van der Waals surface area contributed by atoms with E-state index in [1.54, 1.807) is 0 Å². The highest BCUT2D eigenvalue weighted by Crippen LogP contribution is 2.12. The molecule has 0 spiro atoms. The minimum absolute atomic E-state index is 0. The molecule has 1 aliphatic rings. The van der Waals surface area contributed by atoms with E-state index in [2.05, 4.69) is 6.92 Å². The summed E-state index contributed by atoms with van der Waals surface area (Å²) in [5.41, 5.74) is 0. The van der Waals surface area contributed by atoms with Crippen LogP contribution in [-0.2, 0) is 0 Å². The Hall–Kier alpha value is 0.210. The fourth-order valence-corrected chi connectivity index (χ4v) is 1.03. The van der Waals surface area contributed by atoms with Crippen molar-refractivity contribution < 1.29 is 0 Å². The third kappa shape index (κ3) is 3.04. The van der Waals surface area contributed by atoms with Crippen LogP contribution in [0.5, 0.6) is 0 Å². The normalized spacial score (nSPS) is 23.3. The summed E-state index contributed by atoms with van der Waals surface area (Å²) in [6, 6.07) is 0. The first kappa shape index (κ1) is 9.21. The van der Waals surface area contributed by atoms with Crippen molar-refractivity contribution >= 4 is 12.4 Å². The molecule has 0 unspecified atom stereocenters. The number of piperidine rings is 1. The molecule has 56 valence electrons. The lowest BCUT2D eigenvalue weighted by molar-refractivity contribution is 0.196. The van der Waals surface area contributed by atoms with Crippen LogP contribution in [0, 0.1) is 5.92 Å². The molecule has 0 atom stereocenters. The van der Waals surface area contributed by atoms with Gasteiger partial charge >= 0.3 is 0 Å². The van der Waals surface area contributed by atoms with Gasteiger partial charge in [-0.2, -0.15) is 0 Å². The fraction of sp³-hybridized carbons (Fsp3) is 1.00. The molecule has 0 saturated carbocycles. The fourth-order valence-electron chi connectivity index (χ4n) is 1.03. The minimum Gasteiger partial charge on any atom is -0.269 e. The van der Waals surface area contributed by atoms with E-state index in [1.807, 2.05) is 5.01 Å². The van der Waals surface area contributed by atoms with Gasteiger partial charge in [0.2, 0.25) is 0 Å². The second kappa shape index (κ2) is 4.09. The quantitative estimate of drug-likeness (QED) is 0.523. The predicted octanol–water partition coefficient (Wildman–Crippen LogP) is 1.01. The van der Waals surface area contributed by atoms with Gasteiger partial charge in [-0.15, -0.1) is 12.4 Å². The van der Waals surface area contributed by atoms with E-state index in [9.17, 15) is 0 Å². The maximum absolute atomic E-state index is 5.53. The number of halogens is 1. The molecule has 1 heterocycles. The Morgan fingerprint density at radius 2 is 1.78 bits per heavy atom. The first-order valence-electron chi connectivity index (χ1n) is 3.28. The average Bonchev–Trinajstić information content (AvgIpc) is 1.77. The van der Waals surface area contributed by atoms with Crippen LogP contribution in [0.2, 0.25) is 0 Å². The summed E-state index contributed by atoms with van der Waals surface area (Å²) in [4.78, 5) is 0. The monoisotopic (exact) mass is 150 g/mol. The Labute approximate surface area is 62.8 Å². The van der Waals surface area contributed by atoms with Gasteiger partial charge in [0.1, 0.15) is 0 Å². The first-order chi connectivity index (χ1) is 3.79. The Kier molecular flexibility index (Phi) is 4.19. The molecule has 1 aliphatic heterocycles. The van der Waals surface area contributed by atoms with Crippen molar-refractivity contribution in [2.75, 3.05) is 13.1 Å². The summed E-state index contributed by atoms with van der Waals surface area (Å²) >= 11 is 0. The second-order valence-electron chi connectivity index (χ2n) is 2.72. The van der Waals surface area contributed by atoms with Gasteiger partial charge in [-0.05, 0) is 18.8 Å². The van der Waals surface area contributed by atoms with Crippen molar-refractivity contribution in [3.63, 3.8) is 0 Å². The molecule has 0 aromatic heterocycles. The largest absolute Gasteiger partial charge is 0.269 e. The van der Waals surface area contributed by atoms with Crippen LogP contribution in [0.1, 0.15) is 19.8 Å². The molecule has 9 heavy (non-hydrogen) atoms. The Balaban J connectivity index is 0.000000640. The second-order valence-corrected chi connectivity index (χ2v) is 2.72. The molecular weight excluding hydrogens is 136 g/mol. The maximum Gasteiger partial charge on any atom is 0.0131 e. The van der Waals surface area contributed by atoms with Crippen LogP contribution in [0.15, 0.2) is 0 Å². The van der Waals surface area contributed by atoms with Crippen molar-refractivity contribution in [1.29, 1.82) is 0 Å². The van der Waals surface area contributed by atoms with Crippen molar-refractivity contribution in [3.8, 4) is 0 Å². The Morgan fingerprint density at radius 3 is 2.11 bits per heavy atom. The smallest absolute Gasteiger partial charge is 0.0131 e. The molecule has 0 aliphatic carbocycles. The molecule has 1 fully saturated rings. The molecule has 0 aromatic rings. The van der Waals surface area contributed by atoms with Gasteiger partial charge < -0.3 is 0 Å². The summed E-state index contributed by atoms with van der Waals surface area (Å²) in [5.74, 6) is 6.43. The Morgan fingerprint density at radius 1 is 1.33 bits per heavy atom. The van der Waals surface area contributed by atoms with E-state index < -0.39 is 0 Å². The molecule has 0 bridgehead atoms. The van der Waals surface area contributed by atoms with E-state index in [0.717, 1.165) is 19.0 Å². The van der Waals surface area contributed by atoms with E-state index in [4.69, 9.17) is 5.84 Å². The highest BCUT2D eigenvalue weighted by Gasteiger charge is 2.11. The third-order valence-corrected chi connectivity index (χ3v) is 1.82. The SMILES string of the molecule is CC1CCN(N)CC1.Cl. The van der Waals surface area contributed by atoms with Gasteiger partial charge in [0.15, 0.2) is 0 Å². The standard InChI is InChI=1S/C6H14N2.ClH/c1-6-2-4-8(7)5-3-6;/h6H,2-5,7H2,1H3;1H. The van der Waals surface area contributed by atoms with Gasteiger partial charge in [0.25, 0.3) is 0 Å². The third-order valence-electron chi connectivity index (χ3n) is 1.82. The number of nitrogens with two attached hydrogens (primary N) is 1. The molecule has 0 aromatic carbocycles. The van der Waals surface area contributed by atoms with E-state index in [-0.39, 0.29) is 12.4 Å². The lowest BCUT2D eigenvalue weighted by Gasteiger charge is -2.25. The molecular formula is C6H15ClN2. The van der Waals surface area contributed by atoms with Gasteiger partial charge in [-0.25, -0.2) is 5.01 Å². The van der Waals surface area contributed by atoms with Crippen molar-refractivity contribution in [2.45, 2.75) is 19.8 Å². The summed E-state index contributed by atoms with van der Waals surface area (Å²) in [7, 11) is 0. The number of hydrogen-bond acceptors (Lipinski definition) is 2. The van der Waals surface area contributed by atoms with Crippen molar-refractivity contribution in [1.82, 2.24) is 5.01 Å². The summed E-state index contributed by atoms with van der Waals surface area (Å²) in [5, 5.41) is 1.90.